The van der Waals surface area contributed by atoms with Crippen molar-refractivity contribution in [2.45, 2.75) is 34.1 Å². The summed E-state index contributed by atoms with van der Waals surface area (Å²) in [6, 6.07) is 8.51. The molecule has 19 heavy (non-hydrogen) atoms. The molecule has 0 amide bonds. The van der Waals surface area contributed by atoms with E-state index in [-0.39, 0.29) is 0 Å². The van der Waals surface area contributed by atoms with E-state index in [9.17, 15) is 0 Å². The Bertz CT molecular complexity index is 557. The van der Waals surface area contributed by atoms with E-state index < -0.39 is 0 Å². The van der Waals surface area contributed by atoms with Gasteiger partial charge in [-0.3, -0.25) is 0 Å². The fourth-order valence-electron chi connectivity index (χ4n) is 1.91. The molecule has 2 rings (SSSR count). The van der Waals surface area contributed by atoms with E-state index in [1.54, 1.807) is 6.20 Å². The Morgan fingerprint density at radius 3 is 2.74 bits per heavy atom. The number of nitrogens with one attached hydrogen (secondary N) is 1. The Hall–Kier alpha value is -1.83. The van der Waals surface area contributed by atoms with E-state index in [1.807, 2.05) is 6.20 Å². The number of aromatic nitrogens is 2. The second-order valence-electron chi connectivity index (χ2n) is 6.17. The number of hydrogen-bond acceptors (Lipinski definition) is 1. The molecule has 2 heteroatoms. The third-order valence-corrected chi connectivity index (χ3v) is 3.11. The SMILES string of the molecule is C/C(=C\CC(C)(C)C)c1cccc(-c2ncc[nH]2)c1. The fraction of sp³-hybridized carbons (Fsp3) is 0.353. The Morgan fingerprint density at radius 1 is 1.32 bits per heavy atom. The normalized spacial score (nSPS) is 12.7. The summed E-state index contributed by atoms with van der Waals surface area (Å²) in [6.45, 7) is 8.95. The summed E-state index contributed by atoms with van der Waals surface area (Å²) in [7, 11) is 0. The van der Waals surface area contributed by atoms with Crippen LogP contribution in [0.25, 0.3) is 17.0 Å². The monoisotopic (exact) mass is 254 g/mol. The molecular formula is C17H22N2. The van der Waals surface area contributed by atoms with Crippen LogP contribution in [0.3, 0.4) is 0 Å². The fourth-order valence-corrected chi connectivity index (χ4v) is 1.91. The van der Waals surface area contributed by atoms with Crippen LogP contribution in [0.5, 0.6) is 0 Å². The molecule has 0 spiro atoms. The highest BCUT2D eigenvalue weighted by molar-refractivity contribution is 5.69. The maximum atomic E-state index is 4.30. The standard InChI is InChI=1S/C17H22N2/c1-13(8-9-17(2,3)4)14-6-5-7-15(12-14)16-18-10-11-19-16/h5-8,10-12H,9H2,1-4H3,(H,18,19)/b13-8+. The van der Waals surface area contributed by atoms with Crippen molar-refractivity contribution in [2.75, 3.05) is 0 Å². The summed E-state index contributed by atoms with van der Waals surface area (Å²) in [5.41, 5.74) is 4.05. The quantitative estimate of drug-likeness (QED) is 0.827. The van der Waals surface area contributed by atoms with Crippen LogP contribution in [0.4, 0.5) is 0 Å². The van der Waals surface area contributed by atoms with Crippen LogP contribution >= 0.6 is 0 Å². The van der Waals surface area contributed by atoms with Gasteiger partial charge in [-0.1, -0.05) is 45.0 Å². The van der Waals surface area contributed by atoms with Gasteiger partial charge in [-0.15, -0.1) is 0 Å². The predicted octanol–water partition coefficient (Wildman–Crippen LogP) is 4.92. The van der Waals surface area contributed by atoms with E-state index in [4.69, 9.17) is 0 Å². The lowest BCUT2D eigenvalue weighted by Gasteiger charge is -2.15. The summed E-state index contributed by atoms with van der Waals surface area (Å²) in [5, 5.41) is 0. The van der Waals surface area contributed by atoms with Crippen LogP contribution in [-0.4, -0.2) is 9.97 Å². The molecule has 1 heterocycles. The highest BCUT2D eigenvalue weighted by Crippen LogP contribution is 2.25. The minimum absolute atomic E-state index is 0.333. The molecule has 0 bridgehead atoms. The van der Waals surface area contributed by atoms with Crippen LogP contribution < -0.4 is 0 Å². The summed E-state index contributed by atoms with van der Waals surface area (Å²) >= 11 is 0. The van der Waals surface area contributed by atoms with E-state index in [0.29, 0.717) is 5.41 Å². The molecule has 100 valence electrons. The second-order valence-corrected chi connectivity index (χ2v) is 6.17. The highest BCUT2D eigenvalue weighted by Gasteiger charge is 2.08. The number of benzene rings is 1. The first-order valence-electron chi connectivity index (χ1n) is 6.73. The van der Waals surface area contributed by atoms with E-state index in [1.165, 1.54) is 11.1 Å². The number of H-pyrrole nitrogens is 1. The molecule has 0 saturated carbocycles. The molecule has 1 N–H and O–H groups in total. The van der Waals surface area contributed by atoms with Crippen molar-refractivity contribution in [3.8, 4) is 11.4 Å². The second kappa shape index (κ2) is 5.43. The van der Waals surface area contributed by atoms with Crippen molar-refractivity contribution >= 4 is 5.57 Å². The first-order chi connectivity index (χ1) is 8.96. The van der Waals surface area contributed by atoms with Gasteiger partial charge in [0.1, 0.15) is 5.82 Å². The van der Waals surface area contributed by atoms with Crippen LogP contribution in [0.1, 0.15) is 39.7 Å². The lowest BCUT2D eigenvalue weighted by molar-refractivity contribution is 0.421. The Balaban J connectivity index is 2.24. The average Bonchev–Trinajstić information content (AvgIpc) is 2.89. The van der Waals surface area contributed by atoms with Crippen LogP contribution in [0.2, 0.25) is 0 Å². The van der Waals surface area contributed by atoms with Crippen molar-refractivity contribution < 1.29 is 0 Å². The van der Waals surface area contributed by atoms with Gasteiger partial charge in [-0.25, -0.2) is 4.98 Å². The van der Waals surface area contributed by atoms with Crippen molar-refractivity contribution in [1.82, 2.24) is 9.97 Å². The molecule has 0 radical (unpaired) electrons. The van der Waals surface area contributed by atoms with Crippen LogP contribution in [-0.2, 0) is 0 Å². The van der Waals surface area contributed by atoms with Gasteiger partial charge in [0.2, 0.25) is 0 Å². The predicted molar refractivity (Wildman–Crippen MR) is 81.7 cm³/mol. The zero-order valence-electron chi connectivity index (χ0n) is 12.2. The van der Waals surface area contributed by atoms with Gasteiger partial charge in [0.05, 0.1) is 0 Å². The zero-order chi connectivity index (χ0) is 13.9. The topological polar surface area (TPSA) is 28.7 Å². The minimum Gasteiger partial charge on any atom is -0.345 e. The van der Waals surface area contributed by atoms with Crippen molar-refractivity contribution in [3.63, 3.8) is 0 Å². The van der Waals surface area contributed by atoms with Gasteiger partial charge >= 0.3 is 0 Å². The van der Waals surface area contributed by atoms with Gasteiger partial charge in [0.15, 0.2) is 0 Å². The van der Waals surface area contributed by atoms with Crippen molar-refractivity contribution in [2.24, 2.45) is 5.41 Å². The summed E-state index contributed by atoms with van der Waals surface area (Å²) in [5.74, 6) is 0.922. The van der Waals surface area contributed by atoms with Gasteiger partial charge in [0, 0.05) is 18.0 Å². The lowest BCUT2D eigenvalue weighted by Crippen LogP contribution is -2.02. The number of hydrogen-bond donors (Lipinski definition) is 1. The molecular weight excluding hydrogens is 232 g/mol. The Kier molecular flexibility index (Phi) is 3.89. The maximum absolute atomic E-state index is 4.30. The summed E-state index contributed by atoms with van der Waals surface area (Å²) in [4.78, 5) is 7.44. The number of rotatable bonds is 3. The molecule has 0 aliphatic heterocycles. The third kappa shape index (κ3) is 3.82. The Morgan fingerprint density at radius 2 is 2.11 bits per heavy atom. The maximum Gasteiger partial charge on any atom is 0.137 e. The first-order valence-corrected chi connectivity index (χ1v) is 6.73. The lowest BCUT2D eigenvalue weighted by atomic mass is 9.90. The number of imidazole rings is 1. The van der Waals surface area contributed by atoms with Crippen LogP contribution in [0.15, 0.2) is 42.7 Å². The van der Waals surface area contributed by atoms with Gasteiger partial charge in [0.25, 0.3) is 0 Å². The molecule has 2 aromatic rings. The molecule has 2 nitrogen and oxygen atoms in total. The summed E-state index contributed by atoms with van der Waals surface area (Å²) in [6.07, 6.45) is 7.04. The van der Waals surface area contributed by atoms with E-state index >= 15 is 0 Å². The number of allylic oxidation sites excluding steroid dienone is 2. The molecule has 0 unspecified atom stereocenters. The third-order valence-electron chi connectivity index (χ3n) is 3.11. The molecule has 1 aromatic carbocycles. The Labute approximate surface area is 115 Å². The zero-order valence-corrected chi connectivity index (χ0v) is 12.2. The molecule has 0 atom stereocenters. The van der Waals surface area contributed by atoms with E-state index in [0.717, 1.165) is 17.8 Å². The van der Waals surface area contributed by atoms with Gasteiger partial charge < -0.3 is 4.98 Å². The largest absolute Gasteiger partial charge is 0.345 e. The number of nitrogens with zero attached hydrogens (tertiary/aromatic N) is 1. The molecule has 0 aliphatic rings. The number of aromatic amines is 1. The summed E-state index contributed by atoms with van der Waals surface area (Å²) < 4.78 is 0. The minimum atomic E-state index is 0.333. The van der Waals surface area contributed by atoms with Gasteiger partial charge in [-0.05, 0) is 36.0 Å². The average molecular weight is 254 g/mol. The van der Waals surface area contributed by atoms with E-state index in [2.05, 4.69) is 68.0 Å². The first kappa shape index (κ1) is 13.6. The van der Waals surface area contributed by atoms with Gasteiger partial charge in [-0.2, -0.15) is 0 Å². The smallest absolute Gasteiger partial charge is 0.137 e. The molecule has 0 aliphatic carbocycles. The molecule has 0 fully saturated rings. The van der Waals surface area contributed by atoms with Crippen molar-refractivity contribution in [1.29, 1.82) is 0 Å². The molecule has 0 saturated heterocycles. The van der Waals surface area contributed by atoms with Crippen LogP contribution in [0, 0.1) is 5.41 Å². The highest BCUT2D eigenvalue weighted by atomic mass is 14.9. The van der Waals surface area contributed by atoms with Crippen molar-refractivity contribution in [3.05, 3.63) is 48.3 Å². The molecule has 1 aromatic heterocycles.